The summed E-state index contributed by atoms with van der Waals surface area (Å²) in [6, 6.07) is 5.58. The van der Waals surface area contributed by atoms with E-state index < -0.39 is 5.97 Å². The highest BCUT2D eigenvalue weighted by molar-refractivity contribution is 5.82. The van der Waals surface area contributed by atoms with Gasteiger partial charge in [0.25, 0.3) is 5.91 Å². The molecule has 1 N–H and O–H groups in total. The first kappa shape index (κ1) is 17.0. The van der Waals surface area contributed by atoms with Gasteiger partial charge in [0.05, 0.1) is 0 Å². The Kier molecular flexibility index (Phi) is 6.21. The highest BCUT2D eigenvalue weighted by Gasteiger charge is 2.22. The van der Waals surface area contributed by atoms with Gasteiger partial charge in [-0.05, 0) is 38.8 Å². The molecule has 0 saturated heterocycles. The van der Waals surface area contributed by atoms with Crippen LogP contribution in [0.25, 0.3) is 0 Å². The lowest BCUT2D eigenvalue weighted by Crippen LogP contribution is -2.44. The smallest absolute Gasteiger partial charge is 0.323 e. The lowest BCUT2D eigenvalue weighted by atomic mass is 10.1. The molecule has 1 aromatic carbocycles. The maximum Gasteiger partial charge on any atom is 0.323 e. The summed E-state index contributed by atoms with van der Waals surface area (Å²) >= 11 is 0. The van der Waals surface area contributed by atoms with E-state index in [1.54, 1.807) is 0 Å². The first-order valence-electron chi connectivity index (χ1n) is 7.06. The van der Waals surface area contributed by atoms with Gasteiger partial charge in [-0.3, -0.25) is 9.59 Å². The van der Waals surface area contributed by atoms with Crippen LogP contribution >= 0.6 is 0 Å². The van der Waals surface area contributed by atoms with Crippen molar-refractivity contribution in [3.8, 4) is 5.75 Å². The topological polar surface area (TPSA) is 66.8 Å². The third kappa shape index (κ3) is 5.10. The third-order valence-electron chi connectivity index (χ3n) is 3.43. The minimum atomic E-state index is -1.02. The monoisotopic (exact) mass is 293 g/mol. The van der Waals surface area contributed by atoms with Crippen LogP contribution in [0, 0.1) is 13.8 Å². The van der Waals surface area contributed by atoms with E-state index in [2.05, 4.69) is 0 Å². The van der Waals surface area contributed by atoms with E-state index in [1.807, 2.05) is 45.9 Å². The SMILES string of the molecule is CCC(C)N(CC(=O)O)C(=O)COc1ccc(C)cc1C. The van der Waals surface area contributed by atoms with Crippen LogP contribution in [0.1, 0.15) is 31.4 Å². The van der Waals surface area contributed by atoms with E-state index in [0.29, 0.717) is 12.2 Å². The molecule has 0 aromatic heterocycles. The van der Waals surface area contributed by atoms with Crippen LogP contribution in [0.5, 0.6) is 5.75 Å². The molecule has 1 unspecified atom stereocenters. The number of rotatable bonds is 7. The molecule has 0 spiro atoms. The Morgan fingerprint density at radius 3 is 2.52 bits per heavy atom. The predicted octanol–water partition coefficient (Wildman–Crippen LogP) is 2.39. The molecular weight excluding hydrogens is 270 g/mol. The van der Waals surface area contributed by atoms with Crippen molar-refractivity contribution in [2.45, 2.75) is 40.2 Å². The Morgan fingerprint density at radius 1 is 1.33 bits per heavy atom. The number of ether oxygens (including phenoxy) is 1. The van der Waals surface area contributed by atoms with E-state index in [-0.39, 0.29) is 25.1 Å². The lowest BCUT2D eigenvalue weighted by molar-refractivity contribution is -0.147. The maximum atomic E-state index is 12.2. The van der Waals surface area contributed by atoms with Gasteiger partial charge in [0.1, 0.15) is 12.3 Å². The molecule has 21 heavy (non-hydrogen) atoms. The van der Waals surface area contributed by atoms with E-state index in [0.717, 1.165) is 11.1 Å². The number of carbonyl (C=O) groups excluding carboxylic acids is 1. The Bertz CT molecular complexity index is 513. The summed E-state index contributed by atoms with van der Waals surface area (Å²) in [5.74, 6) is -0.685. The van der Waals surface area contributed by atoms with Crippen molar-refractivity contribution in [1.82, 2.24) is 4.90 Å². The minimum Gasteiger partial charge on any atom is -0.483 e. The Hall–Kier alpha value is -2.04. The van der Waals surface area contributed by atoms with Crippen LogP contribution in [-0.2, 0) is 9.59 Å². The summed E-state index contributed by atoms with van der Waals surface area (Å²) in [7, 11) is 0. The fourth-order valence-electron chi connectivity index (χ4n) is 2.04. The second kappa shape index (κ2) is 7.67. The molecule has 0 bridgehead atoms. The molecule has 1 amide bonds. The van der Waals surface area contributed by atoms with E-state index in [1.165, 1.54) is 4.90 Å². The van der Waals surface area contributed by atoms with Gasteiger partial charge in [-0.25, -0.2) is 0 Å². The van der Waals surface area contributed by atoms with E-state index in [9.17, 15) is 9.59 Å². The van der Waals surface area contributed by atoms with Gasteiger partial charge in [0.2, 0.25) is 0 Å². The van der Waals surface area contributed by atoms with Gasteiger partial charge in [0.15, 0.2) is 6.61 Å². The molecule has 5 nitrogen and oxygen atoms in total. The fourth-order valence-corrected chi connectivity index (χ4v) is 2.04. The number of benzene rings is 1. The van der Waals surface area contributed by atoms with Crippen LogP contribution in [0.2, 0.25) is 0 Å². The molecule has 0 aliphatic rings. The number of carboxylic acid groups (broad SMARTS) is 1. The molecule has 1 atom stereocenters. The van der Waals surface area contributed by atoms with Gasteiger partial charge in [-0.1, -0.05) is 24.6 Å². The van der Waals surface area contributed by atoms with Crippen molar-refractivity contribution in [2.24, 2.45) is 0 Å². The Morgan fingerprint density at radius 2 is 2.00 bits per heavy atom. The second-order valence-corrected chi connectivity index (χ2v) is 5.23. The van der Waals surface area contributed by atoms with Crippen LogP contribution in [0.3, 0.4) is 0 Å². The van der Waals surface area contributed by atoms with Crippen molar-refractivity contribution in [3.05, 3.63) is 29.3 Å². The van der Waals surface area contributed by atoms with Crippen LogP contribution < -0.4 is 4.74 Å². The highest BCUT2D eigenvalue weighted by Crippen LogP contribution is 2.18. The summed E-state index contributed by atoms with van der Waals surface area (Å²) < 4.78 is 5.53. The number of aliphatic carboxylic acids is 1. The van der Waals surface area contributed by atoms with Gasteiger partial charge in [-0.2, -0.15) is 0 Å². The lowest BCUT2D eigenvalue weighted by Gasteiger charge is -2.27. The fraction of sp³-hybridized carbons (Fsp3) is 0.500. The molecule has 0 fully saturated rings. The molecule has 0 aliphatic carbocycles. The summed E-state index contributed by atoms with van der Waals surface area (Å²) in [5.41, 5.74) is 2.08. The van der Waals surface area contributed by atoms with E-state index >= 15 is 0 Å². The first-order valence-corrected chi connectivity index (χ1v) is 7.06. The van der Waals surface area contributed by atoms with Crippen molar-refractivity contribution in [2.75, 3.05) is 13.2 Å². The Labute approximate surface area is 125 Å². The largest absolute Gasteiger partial charge is 0.483 e. The molecule has 1 aromatic rings. The molecule has 1 rings (SSSR count). The minimum absolute atomic E-state index is 0.128. The van der Waals surface area contributed by atoms with Crippen LogP contribution in [-0.4, -0.2) is 41.1 Å². The summed E-state index contributed by atoms with van der Waals surface area (Å²) in [6.45, 7) is 7.19. The zero-order valence-corrected chi connectivity index (χ0v) is 13.0. The summed E-state index contributed by atoms with van der Waals surface area (Å²) in [4.78, 5) is 24.4. The number of nitrogens with zero attached hydrogens (tertiary/aromatic N) is 1. The Balaban J connectivity index is 2.70. The number of hydrogen-bond donors (Lipinski definition) is 1. The third-order valence-corrected chi connectivity index (χ3v) is 3.43. The average molecular weight is 293 g/mol. The van der Waals surface area contributed by atoms with Crippen molar-refractivity contribution < 1.29 is 19.4 Å². The quantitative estimate of drug-likeness (QED) is 0.838. The molecule has 0 aliphatic heterocycles. The van der Waals surface area contributed by atoms with E-state index in [4.69, 9.17) is 9.84 Å². The molecule has 0 radical (unpaired) electrons. The number of aryl methyl sites for hydroxylation is 2. The van der Waals surface area contributed by atoms with Gasteiger partial charge < -0.3 is 14.7 Å². The number of hydrogen-bond acceptors (Lipinski definition) is 3. The van der Waals surface area contributed by atoms with Crippen LogP contribution in [0.15, 0.2) is 18.2 Å². The van der Waals surface area contributed by atoms with Crippen LogP contribution in [0.4, 0.5) is 0 Å². The molecule has 0 heterocycles. The highest BCUT2D eigenvalue weighted by atomic mass is 16.5. The number of amides is 1. The zero-order valence-electron chi connectivity index (χ0n) is 13.0. The molecule has 0 saturated carbocycles. The summed E-state index contributed by atoms with van der Waals surface area (Å²) in [5, 5.41) is 8.90. The molecular formula is C16H23NO4. The number of carboxylic acids is 1. The molecule has 116 valence electrons. The van der Waals surface area contributed by atoms with Gasteiger partial charge in [0, 0.05) is 6.04 Å². The van der Waals surface area contributed by atoms with Crippen molar-refractivity contribution in [1.29, 1.82) is 0 Å². The van der Waals surface area contributed by atoms with Gasteiger partial charge in [-0.15, -0.1) is 0 Å². The van der Waals surface area contributed by atoms with Crippen molar-refractivity contribution in [3.63, 3.8) is 0 Å². The van der Waals surface area contributed by atoms with Gasteiger partial charge >= 0.3 is 5.97 Å². The first-order chi connectivity index (χ1) is 9.85. The van der Waals surface area contributed by atoms with Crippen molar-refractivity contribution >= 4 is 11.9 Å². The standard InChI is InChI=1S/C16H23NO4/c1-5-13(4)17(9-16(19)20)15(18)10-21-14-7-6-11(2)8-12(14)3/h6-8,13H,5,9-10H2,1-4H3,(H,19,20). The predicted molar refractivity (Wildman–Crippen MR) is 80.5 cm³/mol. The second-order valence-electron chi connectivity index (χ2n) is 5.23. The number of carbonyl (C=O) groups is 2. The summed E-state index contributed by atoms with van der Waals surface area (Å²) in [6.07, 6.45) is 0.697. The zero-order chi connectivity index (χ0) is 16.0. The average Bonchev–Trinajstić information content (AvgIpc) is 2.42. The normalized spacial score (nSPS) is 11.8. The molecule has 5 heteroatoms. The maximum absolute atomic E-state index is 12.2.